The van der Waals surface area contributed by atoms with Crippen molar-refractivity contribution in [3.05, 3.63) is 28.8 Å². The quantitative estimate of drug-likeness (QED) is 0.823. The van der Waals surface area contributed by atoms with Crippen molar-refractivity contribution < 1.29 is 14.6 Å². The third-order valence-electron chi connectivity index (χ3n) is 2.38. The minimum absolute atomic E-state index is 0.0962. The van der Waals surface area contributed by atoms with Crippen molar-refractivity contribution in [1.82, 2.24) is 4.90 Å². The Kier molecular flexibility index (Phi) is 5.25. The van der Waals surface area contributed by atoms with Crippen molar-refractivity contribution in [2.24, 2.45) is 0 Å². The van der Waals surface area contributed by atoms with Crippen LogP contribution in [0.5, 0.6) is 5.75 Å². The van der Waals surface area contributed by atoms with Crippen LogP contribution >= 0.6 is 11.6 Å². The molecule has 0 aromatic heterocycles. The summed E-state index contributed by atoms with van der Waals surface area (Å²) >= 11 is 5.70. The lowest BCUT2D eigenvalue weighted by molar-refractivity contribution is 0.0776. The average Bonchev–Trinajstić information content (AvgIpc) is 2.28. The van der Waals surface area contributed by atoms with Gasteiger partial charge in [0, 0.05) is 32.3 Å². The van der Waals surface area contributed by atoms with Gasteiger partial charge < -0.3 is 14.7 Å². The Bertz CT molecular complexity index is 395. The van der Waals surface area contributed by atoms with Gasteiger partial charge in [0.1, 0.15) is 5.75 Å². The summed E-state index contributed by atoms with van der Waals surface area (Å²) in [4.78, 5) is 13.5. The molecule has 0 aliphatic rings. The Morgan fingerprint density at radius 2 is 2.24 bits per heavy atom. The fourth-order valence-corrected chi connectivity index (χ4v) is 1.61. The molecule has 0 bridgehead atoms. The first-order valence-electron chi connectivity index (χ1n) is 5.29. The van der Waals surface area contributed by atoms with Crippen LogP contribution in [0.4, 0.5) is 0 Å². The highest BCUT2D eigenvalue weighted by Crippen LogP contribution is 2.22. The molecule has 0 saturated heterocycles. The molecule has 5 heteroatoms. The molecular formula is C12H16ClNO3. The third-order valence-corrected chi connectivity index (χ3v) is 2.61. The van der Waals surface area contributed by atoms with Gasteiger partial charge in [0.2, 0.25) is 0 Å². The van der Waals surface area contributed by atoms with Crippen LogP contribution in [0.15, 0.2) is 18.2 Å². The Morgan fingerprint density at radius 3 is 2.82 bits per heavy atom. The highest BCUT2D eigenvalue weighted by molar-refractivity contribution is 6.30. The van der Waals surface area contributed by atoms with E-state index >= 15 is 0 Å². The van der Waals surface area contributed by atoms with Crippen LogP contribution in [0.1, 0.15) is 16.8 Å². The van der Waals surface area contributed by atoms with E-state index in [1.165, 1.54) is 12.1 Å². The number of halogens is 1. The van der Waals surface area contributed by atoms with E-state index in [2.05, 4.69) is 0 Å². The van der Waals surface area contributed by atoms with Gasteiger partial charge in [-0.1, -0.05) is 11.6 Å². The predicted molar refractivity (Wildman–Crippen MR) is 66.6 cm³/mol. The average molecular weight is 258 g/mol. The van der Waals surface area contributed by atoms with Gasteiger partial charge in [0.25, 0.3) is 5.91 Å². The predicted octanol–water partition coefficient (Wildman–Crippen LogP) is 2.15. The summed E-state index contributed by atoms with van der Waals surface area (Å²) in [6, 6.07) is 4.46. The first kappa shape index (κ1) is 13.8. The lowest BCUT2D eigenvalue weighted by Crippen LogP contribution is -2.28. The molecule has 0 unspecified atom stereocenters. The minimum atomic E-state index is -0.227. The maximum absolute atomic E-state index is 12.0. The van der Waals surface area contributed by atoms with E-state index in [1.807, 2.05) is 0 Å². The number of aromatic hydroxyl groups is 1. The zero-order valence-electron chi connectivity index (χ0n) is 9.94. The summed E-state index contributed by atoms with van der Waals surface area (Å²) in [5, 5.41) is 10.0. The molecule has 0 radical (unpaired) electrons. The normalized spacial score (nSPS) is 10.3. The molecule has 0 heterocycles. The van der Waals surface area contributed by atoms with Crippen molar-refractivity contribution >= 4 is 17.5 Å². The van der Waals surface area contributed by atoms with Crippen LogP contribution in [-0.2, 0) is 4.74 Å². The van der Waals surface area contributed by atoms with Crippen LogP contribution in [0.25, 0.3) is 0 Å². The van der Waals surface area contributed by atoms with Crippen molar-refractivity contribution in [2.75, 3.05) is 27.3 Å². The number of amides is 1. The molecule has 0 saturated carbocycles. The highest BCUT2D eigenvalue weighted by atomic mass is 35.5. The second-order valence-electron chi connectivity index (χ2n) is 3.73. The molecule has 0 fully saturated rings. The van der Waals surface area contributed by atoms with Gasteiger partial charge in [-0.05, 0) is 24.6 Å². The van der Waals surface area contributed by atoms with E-state index < -0.39 is 0 Å². The molecule has 1 rings (SSSR count). The van der Waals surface area contributed by atoms with Crippen LogP contribution in [0, 0.1) is 0 Å². The number of phenols is 1. The van der Waals surface area contributed by atoms with Crippen molar-refractivity contribution in [2.45, 2.75) is 6.42 Å². The summed E-state index contributed by atoms with van der Waals surface area (Å²) in [7, 11) is 3.30. The number of methoxy groups -OCH3 is 1. The highest BCUT2D eigenvalue weighted by Gasteiger charge is 2.15. The van der Waals surface area contributed by atoms with Crippen LogP contribution in [0.2, 0.25) is 5.02 Å². The zero-order valence-corrected chi connectivity index (χ0v) is 10.7. The van der Waals surface area contributed by atoms with Gasteiger partial charge in [-0.25, -0.2) is 0 Å². The standard InChI is InChI=1S/C12H16ClNO3/c1-14(6-3-7-17-2)12(16)10-5-4-9(13)8-11(10)15/h4-5,8,15H,3,6-7H2,1-2H3. The summed E-state index contributed by atoms with van der Waals surface area (Å²) in [5.41, 5.74) is 0.259. The largest absolute Gasteiger partial charge is 0.507 e. The van der Waals surface area contributed by atoms with E-state index in [4.69, 9.17) is 16.3 Å². The molecule has 0 aliphatic heterocycles. The zero-order chi connectivity index (χ0) is 12.8. The maximum Gasteiger partial charge on any atom is 0.257 e. The number of carbonyl (C=O) groups excluding carboxylic acids is 1. The molecule has 1 N–H and O–H groups in total. The van der Waals surface area contributed by atoms with Gasteiger partial charge in [-0.3, -0.25) is 4.79 Å². The van der Waals surface area contributed by atoms with Gasteiger partial charge >= 0.3 is 0 Å². The fraction of sp³-hybridized carbons (Fsp3) is 0.417. The number of carbonyl (C=O) groups is 1. The number of rotatable bonds is 5. The Hall–Kier alpha value is -1.26. The number of hydrogen-bond acceptors (Lipinski definition) is 3. The van der Waals surface area contributed by atoms with Crippen molar-refractivity contribution in [3.8, 4) is 5.75 Å². The van der Waals surface area contributed by atoms with E-state index in [1.54, 1.807) is 25.1 Å². The molecule has 94 valence electrons. The van der Waals surface area contributed by atoms with Gasteiger partial charge in [0.15, 0.2) is 0 Å². The Balaban J connectivity index is 2.68. The third kappa shape index (κ3) is 3.91. The molecule has 1 amide bonds. The van der Waals surface area contributed by atoms with Crippen LogP contribution in [0.3, 0.4) is 0 Å². The molecule has 1 aromatic rings. The Morgan fingerprint density at radius 1 is 1.53 bits per heavy atom. The molecule has 0 atom stereocenters. The summed E-state index contributed by atoms with van der Waals surface area (Å²) in [6.07, 6.45) is 0.757. The molecule has 1 aromatic carbocycles. The lowest BCUT2D eigenvalue weighted by Gasteiger charge is -2.17. The number of ether oxygens (including phenoxy) is 1. The topological polar surface area (TPSA) is 49.8 Å². The van der Waals surface area contributed by atoms with E-state index in [9.17, 15) is 9.90 Å². The molecule has 0 spiro atoms. The van der Waals surface area contributed by atoms with Crippen LogP contribution < -0.4 is 0 Å². The second kappa shape index (κ2) is 6.47. The molecular weight excluding hydrogens is 242 g/mol. The minimum Gasteiger partial charge on any atom is -0.507 e. The lowest BCUT2D eigenvalue weighted by atomic mass is 10.1. The molecule has 0 aliphatic carbocycles. The van der Waals surface area contributed by atoms with Gasteiger partial charge in [-0.2, -0.15) is 0 Å². The number of nitrogens with zero attached hydrogens (tertiary/aromatic N) is 1. The van der Waals surface area contributed by atoms with E-state index in [-0.39, 0.29) is 17.2 Å². The van der Waals surface area contributed by atoms with E-state index in [0.717, 1.165) is 6.42 Å². The number of benzene rings is 1. The molecule has 4 nitrogen and oxygen atoms in total. The maximum atomic E-state index is 12.0. The monoisotopic (exact) mass is 257 g/mol. The fourth-order valence-electron chi connectivity index (χ4n) is 1.44. The number of hydrogen-bond donors (Lipinski definition) is 1. The first-order valence-corrected chi connectivity index (χ1v) is 5.67. The number of phenolic OH excluding ortho intramolecular Hbond substituents is 1. The Labute approximate surface area is 106 Å². The SMILES string of the molecule is COCCCN(C)C(=O)c1ccc(Cl)cc1O. The summed E-state index contributed by atoms with van der Waals surface area (Å²) in [5.74, 6) is -0.323. The second-order valence-corrected chi connectivity index (χ2v) is 4.17. The van der Waals surface area contributed by atoms with Gasteiger partial charge in [-0.15, -0.1) is 0 Å². The summed E-state index contributed by atoms with van der Waals surface area (Å²) in [6.45, 7) is 1.18. The smallest absolute Gasteiger partial charge is 0.257 e. The van der Waals surface area contributed by atoms with Gasteiger partial charge in [0.05, 0.1) is 5.56 Å². The first-order chi connectivity index (χ1) is 8.06. The summed E-state index contributed by atoms with van der Waals surface area (Å²) < 4.78 is 4.91. The van der Waals surface area contributed by atoms with Crippen molar-refractivity contribution in [1.29, 1.82) is 0 Å². The van der Waals surface area contributed by atoms with Crippen molar-refractivity contribution in [3.63, 3.8) is 0 Å². The molecule has 17 heavy (non-hydrogen) atoms. The van der Waals surface area contributed by atoms with Crippen LogP contribution in [-0.4, -0.2) is 43.2 Å². The van der Waals surface area contributed by atoms with E-state index in [0.29, 0.717) is 18.2 Å².